The van der Waals surface area contributed by atoms with Crippen LogP contribution >= 0.6 is 0 Å². The molecule has 0 unspecified atom stereocenters. The SMILES string of the molecule is CCN1CCN(C(=O)[C@@H]2C[C@](C)(C(=O)OC)N(C)[C@@H]2c2ccccc2C)CC1. The number of amides is 1. The van der Waals surface area contributed by atoms with Crippen LogP contribution in [0.3, 0.4) is 0 Å². The highest BCUT2D eigenvalue weighted by atomic mass is 16.5. The molecule has 6 heteroatoms. The molecule has 154 valence electrons. The molecule has 6 nitrogen and oxygen atoms in total. The summed E-state index contributed by atoms with van der Waals surface area (Å²) in [5.74, 6) is -0.383. The van der Waals surface area contributed by atoms with Crippen molar-refractivity contribution in [3.05, 3.63) is 35.4 Å². The lowest BCUT2D eigenvalue weighted by Gasteiger charge is -2.37. The minimum Gasteiger partial charge on any atom is -0.468 e. The molecule has 2 fully saturated rings. The zero-order valence-electron chi connectivity index (χ0n) is 17.8. The molecule has 3 rings (SSSR count). The smallest absolute Gasteiger partial charge is 0.326 e. The molecule has 0 bridgehead atoms. The van der Waals surface area contributed by atoms with Crippen LogP contribution < -0.4 is 0 Å². The van der Waals surface area contributed by atoms with Gasteiger partial charge in [0.15, 0.2) is 0 Å². The number of hydrogen-bond acceptors (Lipinski definition) is 5. The second kappa shape index (κ2) is 8.21. The first-order chi connectivity index (χ1) is 13.3. The maximum Gasteiger partial charge on any atom is 0.326 e. The van der Waals surface area contributed by atoms with E-state index in [1.54, 1.807) is 0 Å². The van der Waals surface area contributed by atoms with Gasteiger partial charge in [0.05, 0.1) is 13.0 Å². The molecule has 1 aromatic rings. The number of carbonyl (C=O) groups is 2. The van der Waals surface area contributed by atoms with Crippen LogP contribution in [0.1, 0.15) is 37.4 Å². The van der Waals surface area contributed by atoms with Crippen LogP contribution in [0.25, 0.3) is 0 Å². The molecule has 2 aliphatic heterocycles. The summed E-state index contributed by atoms with van der Waals surface area (Å²) in [5.41, 5.74) is 1.44. The Hall–Kier alpha value is -1.92. The average Bonchev–Trinajstić information content (AvgIpc) is 2.99. The number of likely N-dealkylation sites (tertiary alicyclic amines) is 1. The van der Waals surface area contributed by atoms with Crippen LogP contribution in [0, 0.1) is 12.8 Å². The van der Waals surface area contributed by atoms with E-state index in [2.05, 4.69) is 30.9 Å². The molecule has 2 saturated heterocycles. The average molecular weight is 388 g/mol. The molecule has 0 radical (unpaired) electrons. The molecular formula is C22H33N3O3. The van der Waals surface area contributed by atoms with Gasteiger partial charge in [-0.3, -0.25) is 14.5 Å². The van der Waals surface area contributed by atoms with Crippen molar-refractivity contribution in [2.45, 2.75) is 38.8 Å². The fraction of sp³-hybridized carbons (Fsp3) is 0.636. The number of piperazine rings is 1. The Morgan fingerprint density at radius 1 is 1.18 bits per heavy atom. The predicted octanol–water partition coefficient (Wildman–Crippen LogP) is 2.08. The van der Waals surface area contributed by atoms with Crippen molar-refractivity contribution in [1.82, 2.24) is 14.7 Å². The van der Waals surface area contributed by atoms with Crippen molar-refractivity contribution in [2.24, 2.45) is 5.92 Å². The summed E-state index contributed by atoms with van der Waals surface area (Å²) in [6, 6.07) is 8.02. The zero-order valence-corrected chi connectivity index (χ0v) is 17.8. The number of hydrogen-bond donors (Lipinski definition) is 0. The maximum absolute atomic E-state index is 13.6. The quantitative estimate of drug-likeness (QED) is 0.741. The van der Waals surface area contributed by atoms with Gasteiger partial charge in [0.1, 0.15) is 5.54 Å². The Morgan fingerprint density at radius 3 is 2.39 bits per heavy atom. The van der Waals surface area contributed by atoms with Crippen molar-refractivity contribution in [3.63, 3.8) is 0 Å². The van der Waals surface area contributed by atoms with Crippen molar-refractivity contribution in [3.8, 4) is 0 Å². The zero-order chi connectivity index (χ0) is 20.5. The molecular weight excluding hydrogens is 354 g/mol. The van der Waals surface area contributed by atoms with Gasteiger partial charge in [0.25, 0.3) is 0 Å². The monoisotopic (exact) mass is 387 g/mol. The molecule has 0 saturated carbocycles. The predicted molar refractivity (Wildman–Crippen MR) is 109 cm³/mol. The summed E-state index contributed by atoms with van der Waals surface area (Å²) in [6.45, 7) is 10.5. The third-order valence-corrected chi connectivity index (χ3v) is 6.77. The van der Waals surface area contributed by atoms with Crippen LogP contribution in [0.2, 0.25) is 0 Å². The molecule has 2 heterocycles. The van der Waals surface area contributed by atoms with Gasteiger partial charge in [-0.05, 0) is 45.0 Å². The third-order valence-electron chi connectivity index (χ3n) is 6.77. The molecule has 28 heavy (non-hydrogen) atoms. The Labute approximate surface area is 168 Å². The largest absolute Gasteiger partial charge is 0.468 e. The summed E-state index contributed by atoms with van der Waals surface area (Å²) < 4.78 is 5.11. The van der Waals surface area contributed by atoms with E-state index in [0.717, 1.165) is 43.9 Å². The van der Waals surface area contributed by atoms with Gasteiger partial charge in [-0.15, -0.1) is 0 Å². The second-order valence-corrected chi connectivity index (χ2v) is 8.25. The standard InChI is InChI=1S/C22H33N3O3/c1-6-24-11-13-25(14-12-24)20(26)18-15-22(3,21(27)28-5)23(4)19(18)17-10-8-7-9-16(17)2/h7-10,18-19H,6,11-15H2,1-5H3/t18-,19-,22-/m1/s1. The fourth-order valence-electron chi connectivity index (χ4n) is 4.79. The van der Waals surface area contributed by atoms with Crippen molar-refractivity contribution < 1.29 is 14.3 Å². The van der Waals surface area contributed by atoms with Crippen molar-refractivity contribution in [1.29, 1.82) is 0 Å². The number of esters is 1. The van der Waals surface area contributed by atoms with Gasteiger partial charge < -0.3 is 14.5 Å². The third kappa shape index (κ3) is 3.55. The van der Waals surface area contributed by atoms with Gasteiger partial charge in [0, 0.05) is 32.2 Å². The van der Waals surface area contributed by atoms with Gasteiger partial charge in [-0.1, -0.05) is 31.2 Å². The summed E-state index contributed by atoms with van der Waals surface area (Å²) in [4.78, 5) is 32.6. The first-order valence-corrected chi connectivity index (χ1v) is 10.2. The van der Waals surface area contributed by atoms with Gasteiger partial charge >= 0.3 is 5.97 Å². The van der Waals surface area contributed by atoms with E-state index in [1.807, 2.05) is 35.9 Å². The molecule has 0 aliphatic carbocycles. The normalized spacial score (nSPS) is 29.1. The lowest BCUT2D eigenvalue weighted by Crippen LogP contribution is -2.50. The van der Waals surface area contributed by atoms with E-state index in [4.69, 9.17) is 4.74 Å². The van der Waals surface area contributed by atoms with Crippen LogP contribution in [0.15, 0.2) is 24.3 Å². The van der Waals surface area contributed by atoms with Gasteiger partial charge in [-0.2, -0.15) is 0 Å². The van der Waals surface area contributed by atoms with Crippen LogP contribution in [-0.2, 0) is 14.3 Å². The minimum absolute atomic E-state index is 0.137. The number of ether oxygens (including phenoxy) is 1. The molecule has 0 spiro atoms. The first kappa shape index (κ1) is 20.8. The number of likely N-dealkylation sites (N-methyl/N-ethyl adjacent to an activating group) is 2. The first-order valence-electron chi connectivity index (χ1n) is 10.2. The Morgan fingerprint density at radius 2 is 1.82 bits per heavy atom. The fourth-order valence-corrected chi connectivity index (χ4v) is 4.79. The topological polar surface area (TPSA) is 53.1 Å². The number of nitrogens with zero attached hydrogens (tertiary/aromatic N) is 3. The highest BCUT2D eigenvalue weighted by Gasteiger charge is 2.55. The van der Waals surface area contributed by atoms with Gasteiger partial charge in [0.2, 0.25) is 5.91 Å². The van der Waals surface area contributed by atoms with E-state index >= 15 is 0 Å². The molecule has 1 aromatic carbocycles. The van der Waals surface area contributed by atoms with Crippen molar-refractivity contribution >= 4 is 11.9 Å². The number of carbonyl (C=O) groups excluding carboxylic acids is 2. The molecule has 0 N–H and O–H groups in total. The highest BCUT2D eigenvalue weighted by molar-refractivity contribution is 5.86. The number of aryl methyl sites for hydroxylation is 1. The lowest BCUT2D eigenvalue weighted by atomic mass is 9.87. The lowest BCUT2D eigenvalue weighted by molar-refractivity contribution is -0.152. The molecule has 1 amide bonds. The van der Waals surface area contributed by atoms with E-state index in [-0.39, 0.29) is 23.8 Å². The molecule has 2 aliphatic rings. The van der Waals surface area contributed by atoms with Crippen molar-refractivity contribution in [2.75, 3.05) is 46.9 Å². The Kier molecular flexibility index (Phi) is 6.10. The Balaban J connectivity index is 1.93. The summed E-state index contributed by atoms with van der Waals surface area (Å²) in [6.07, 6.45) is 0.474. The summed E-state index contributed by atoms with van der Waals surface area (Å²) in [5, 5.41) is 0. The summed E-state index contributed by atoms with van der Waals surface area (Å²) >= 11 is 0. The Bertz CT molecular complexity index is 729. The molecule has 0 aromatic heterocycles. The maximum atomic E-state index is 13.6. The van der Waals surface area contributed by atoms with E-state index in [9.17, 15) is 9.59 Å². The van der Waals surface area contributed by atoms with E-state index in [1.165, 1.54) is 7.11 Å². The number of rotatable bonds is 4. The number of benzene rings is 1. The van der Waals surface area contributed by atoms with Gasteiger partial charge in [-0.25, -0.2) is 0 Å². The minimum atomic E-state index is -0.812. The van der Waals surface area contributed by atoms with E-state index in [0.29, 0.717) is 6.42 Å². The molecule has 3 atom stereocenters. The highest BCUT2D eigenvalue weighted by Crippen LogP contribution is 2.47. The second-order valence-electron chi connectivity index (χ2n) is 8.25. The van der Waals surface area contributed by atoms with E-state index < -0.39 is 5.54 Å². The van der Waals surface area contributed by atoms with Crippen LogP contribution in [-0.4, -0.2) is 79.0 Å². The number of methoxy groups -OCH3 is 1. The summed E-state index contributed by atoms with van der Waals surface area (Å²) in [7, 11) is 3.36. The van der Waals surface area contributed by atoms with Crippen LogP contribution in [0.4, 0.5) is 0 Å². The van der Waals surface area contributed by atoms with Crippen LogP contribution in [0.5, 0.6) is 0 Å².